The van der Waals surface area contributed by atoms with Crippen molar-refractivity contribution in [1.29, 1.82) is 0 Å². The SMILES string of the molecule is Cc1cc(N)n(/N=C\c2cc(C)n(-c3ccc(Cl)cc3)c2C)c(=O)c1. The molecule has 0 saturated heterocycles. The maximum Gasteiger partial charge on any atom is 0.273 e. The fraction of sp³-hybridized carbons (Fsp3) is 0.158. The predicted octanol–water partition coefficient (Wildman–Crippen LogP) is 3.68. The fourth-order valence-electron chi connectivity index (χ4n) is 2.87. The molecule has 2 aromatic heterocycles. The molecule has 0 bridgehead atoms. The van der Waals surface area contributed by atoms with E-state index < -0.39 is 0 Å². The molecule has 25 heavy (non-hydrogen) atoms. The lowest BCUT2D eigenvalue weighted by molar-refractivity contribution is 0.843. The highest BCUT2D eigenvalue weighted by Gasteiger charge is 2.10. The second-order valence-corrected chi connectivity index (χ2v) is 6.43. The zero-order valence-electron chi connectivity index (χ0n) is 14.3. The number of aromatic nitrogens is 2. The minimum absolute atomic E-state index is 0.250. The minimum Gasteiger partial charge on any atom is -0.384 e. The Kier molecular flexibility index (Phi) is 4.51. The summed E-state index contributed by atoms with van der Waals surface area (Å²) in [5.41, 5.74) is 10.5. The minimum atomic E-state index is -0.250. The number of anilines is 1. The number of benzene rings is 1. The van der Waals surface area contributed by atoms with Crippen LogP contribution in [-0.4, -0.2) is 15.5 Å². The van der Waals surface area contributed by atoms with E-state index in [1.165, 1.54) is 10.7 Å². The van der Waals surface area contributed by atoms with Gasteiger partial charge < -0.3 is 10.3 Å². The molecule has 5 nitrogen and oxygen atoms in total. The molecule has 0 fully saturated rings. The number of hydrogen-bond donors (Lipinski definition) is 1. The standard InChI is InChI=1S/C19H19ClN4O/c1-12-8-18(21)24(19(25)9-12)22-11-15-10-13(2)23(14(15)3)17-6-4-16(20)5-7-17/h4-11H,21H2,1-3H3/b22-11-. The van der Waals surface area contributed by atoms with Gasteiger partial charge in [-0.2, -0.15) is 9.78 Å². The molecule has 0 amide bonds. The number of nitrogen functional groups attached to an aromatic ring is 1. The number of pyridine rings is 1. The Morgan fingerprint density at radius 2 is 1.76 bits per heavy atom. The van der Waals surface area contributed by atoms with Gasteiger partial charge in [-0.3, -0.25) is 4.79 Å². The van der Waals surface area contributed by atoms with Gasteiger partial charge in [0.1, 0.15) is 5.82 Å². The van der Waals surface area contributed by atoms with Crippen LogP contribution in [0.5, 0.6) is 0 Å². The van der Waals surface area contributed by atoms with Crippen molar-refractivity contribution in [2.24, 2.45) is 5.10 Å². The first-order chi connectivity index (χ1) is 11.9. The van der Waals surface area contributed by atoms with E-state index in [2.05, 4.69) is 9.67 Å². The van der Waals surface area contributed by atoms with Crippen molar-refractivity contribution in [2.45, 2.75) is 20.8 Å². The summed E-state index contributed by atoms with van der Waals surface area (Å²) in [7, 11) is 0. The van der Waals surface area contributed by atoms with Gasteiger partial charge >= 0.3 is 0 Å². The summed E-state index contributed by atoms with van der Waals surface area (Å²) in [4.78, 5) is 12.0. The zero-order chi connectivity index (χ0) is 18.1. The van der Waals surface area contributed by atoms with E-state index in [1.807, 2.05) is 51.1 Å². The second kappa shape index (κ2) is 6.61. The summed E-state index contributed by atoms with van der Waals surface area (Å²) in [6.45, 7) is 5.85. The van der Waals surface area contributed by atoms with E-state index in [0.717, 1.165) is 28.2 Å². The Morgan fingerprint density at radius 1 is 1.08 bits per heavy atom. The third kappa shape index (κ3) is 3.37. The molecule has 3 aromatic rings. The Bertz CT molecular complexity index is 1010. The van der Waals surface area contributed by atoms with Gasteiger partial charge in [-0.05, 0) is 62.7 Å². The molecule has 0 saturated carbocycles. The molecule has 1 aromatic carbocycles. The fourth-order valence-corrected chi connectivity index (χ4v) is 2.99. The van der Waals surface area contributed by atoms with Crippen LogP contribution >= 0.6 is 11.6 Å². The summed E-state index contributed by atoms with van der Waals surface area (Å²) in [6, 6.07) is 12.9. The molecule has 128 valence electrons. The van der Waals surface area contributed by atoms with Crippen molar-refractivity contribution >= 4 is 23.6 Å². The molecular formula is C19H19ClN4O. The Morgan fingerprint density at radius 3 is 2.40 bits per heavy atom. The molecule has 3 rings (SSSR count). The molecule has 0 radical (unpaired) electrons. The number of hydrogen-bond acceptors (Lipinski definition) is 3. The highest BCUT2D eigenvalue weighted by atomic mass is 35.5. The first kappa shape index (κ1) is 17.0. The van der Waals surface area contributed by atoms with Gasteiger partial charge in [-0.15, -0.1) is 0 Å². The van der Waals surface area contributed by atoms with Crippen LogP contribution in [0.25, 0.3) is 5.69 Å². The number of rotatable bonds is 3. The van der Waals surface area contributed by atoms with Crippen LogP contribution in [0.15, 0.2) is 52.4 Å². The van der Waals surface area contributed by atoms with Crippen molar-refractivity contribution in [3.63, 3.8) is 0 Å². The number of aryl methyl sites for hydroxylation is 2. The maximum atomic E-state index is 12.0. The normalized spacial score (nSPS) is 11.4. The molecule has 2 N–H and O–H groups in total. The smallest absolute Gasteiger partial charge is 0.273 e. The summed E-state index contributed by atoms with van der Waals surface area (Å²) in [6.07, 6.45) is 1.65. The van der Waals surface area contributed by atoms with Crippen molar-refractivity contribution < 1.29 is 0 Å². The number of nitrogens with zero attached hydrogens (tertiary/aromatic N) is 3. The molecule has 0 unspecified atom stereocenters. The van der Waals surface area contributed by atoms with Crippen molar-refractivity contribution in [3.8, 4) is 5.69 Å². The summed E-state index contributed by atoms with van der Waals surface area (Å²) >= 11 is 5.97. The Hall–Kier alpha value is -2.79. The number of nitrogens with two attached hydrogens (primary N) is 1. The molecular weight excluding hydrogens is 336 g/mol. The molecule has 6 heteroatoms. The second-order valence-electron chi connectivity index (χ2n) is 5.99. The molecule has 2 heterocycles. The lowest BCUT2D eigenvalue weighted by Crippen LogP contribution is -2.19. The topological polar surface area (TPSA) is 65.3 Å². The van der Waals surface area contributed by atoms with Crippen LogP contribution in [0.4, 0.5) is 5.82 Å². The molecule has 0 aliphatic heterocycles. The van der Waals surface area contributed by atoms with E-state index >= 15 is 0 Å². The van der Waals surface area contributed by atoms with Crippen LogP contribution in [0.2, 0.25) is 5.02 Å². The highest BCUT2D eigenvalue weighted by Crippen LogP contribution is 2.21. The Balaban J connectivity index is 2.02. The van der Waals surface area contributed by atoms with Crippen molar-refractivity contribution in [2.75, 3.05) is 5.73 Å². The van der Waals surface area contributed by atoms with Crippen LogP contribution in [0.1, 0.15) is 22.5 Å². The Labute approximate surface area is 151 Å². The van der Waals surface area contributed by atoms with Gasteiger partial charge in [0.15, 0.2) is 0 Å². The third-order valence-electron chi connectivity index (χ3n) is 4.05. The third-order valence-corrected chi connectivity index (χ3v) is 4.30. The van der Waals surface area contributed by atoms with E-state index in [0.29, 0.717) is 10.8 Å². The average Bonchev–Trinajstić information content (AvgIpc) is 2.82. The summed E-state index contributed by atoms with van der Waals surface area (Å²) in [5.74, 6) is 0.313. The van der Waals surface area contributed by atoms with Gasteiger partial charge in [0.05, 0.1) is 6.21 Å². The summed E-state index contributed by atoms with van der Waals surface area (Å²) < 4.78 is 3.31. The molecule has 0 spiro atoms. The van der Waals surface area contributed by atoms with Gasteiger partial charge in [0.25, 0.3) is 5.56 Å². The average molecular weight is 355 g/mol. The molecule has 0 atom stereocenters. The largest absolute Gasteiger partial charge is 0.384 e. The molecule has 0 aliphatic rings. The molecule has 0 aliphatic carbocycles. The quantitative estimate of drug-likeness (QED) is 0.729. The van der Waals surface area contributed by atoms with E-state index in [1.54, 1.807) is 12.3 Å². The van der Waals surface area contributed by atoms with Crippen LogP contribution in [0.3, 0.4) is 0 Å². The van der Waals surface area contributed by atoms with Gasteiger partial charge in [0, 0.05) is 33.7 Å². The van der Waals surface area contributed by atoms with E-state index in [-0.39, 0.29) is 5.56 Å². The van der Waals surface area contributed by atoms with Gasteiger partial charge in [-0.1, -0.05) is 11.6 Å². The van der Waals surface area contributed by atoms with E-state index in [9.17, 15) is 4.79 Å². The van der Waals surface area contributed by atoms with Crippen LogP contribution < -0.4 is 11.3 Å². The van der Waals surface area contributed by atoms with Crippen molar-refractivity contribution in [3.05, 3.63) is 80.4 Å². The lowest BCUT2D eigenvalue weighted by Gasteiger charge is -2.09. The monoisotopic (exact) mass is 354 g/mol. The van der Waals surface area contributed by atoms with E-state index in [4.69, 9.17) is 17.3 Å². The first-order valence-electron chi connectivity index (χ1n) is 7.85. The first-order valence-corrected chi connectivity index (χ1v) is 8.23. The predicted molar refractivity (Wildman–Crippen MR) is 103 cm³/mol. The summed E-state index contributed by atoms with van der Waals surface area (Å²) in [5, 5.41) is 4.96. The zero-order valence-corrected chi connectivity index (χ0v) is 15.1. The van der Waals surface area contributed by atoms with Gasteiger partial charge in [0.2, 0.25) is 0 Å². The van der Waals surface area contributed by atoms with Gasteiger partial charge in [-0.25, -0.2) is 0 Å². The van der Waals surface area contributed by atoms with Crippen LogP contribution in [-0.2, 0) is 0 Å². The highest BCUT2D eigenvalue weighted by molar-refractivity contribution is 6.30. The number of halogens is 1. The van der Waals surface area contributed by atoms with Crippen LogP contribution in [0, 0.1) is 20.8 Å². The lowest BCUT2D eigenvalue weighted by atomic mass is 10.2. The van der Waals surface area contributed by atoms with Crippen molar-refractivity contribution in [1.82, 2.24) is 9.24 Å². The maximum absolute atomic E-state index is 12.0.